The number of hydrogen-bond donors (Lipinski definition) is 2. The zero-order valence-electron chi connectivity index (χ0n) is 19.4. The first kappa shape index (κ1) is 22.5. The lowest BCUT2D eigenvalue weighted by atomic mass is 9.98. The minimum Gasteiger partial charge on any atom is -0.387 e. The van der Waals surface area contributed by atoms with Crippen molar-refractivity contribution in [1.29, 1.82) is 5.26 Å². The van der Waals surface area contributed by atoms with Crippen molar-refractivity contribution in [2.24, 2.45) is 0 Å². The van der Waals surface area contributed by atoms with Gasteiger partial charge in [-0.05, 0) is 50.1 Å². The van der Waals surface area contributed by atoms with E-state index < -0.39 is 0 Å². The summed E-state index contributed by atoms with van der Waals surface area (Å²) in [5.74, 6) is 0.610. The van der Waals surface area contributed by atoms with Crippen LogP contribution in [0.15, 0.2) is 30.3 Å². The van der Waals surface area contributed by atoms with E-state index in [2.05, 4.69) is 26.9 Å². The number of nitrogens with one attached hydrogen (secondary N) is 2. The van der Waals surface area contributed by atoms with E-state index >= 15 is 0 Å². The third-order valence-corrected chi connectivity index (χ3v) is 6.22. The number of ether oxygens (including phenoxy) is 1. The lowest BCUT2D eigenvalue weighted by Gasteiger charge is -2.28. The number of morpholine rings is 1. The van der Waals surface area contributed by atoms with E-state index in [1.54, 1.807) is 0 Å². The molecular formula is C25H28N6O2. The lowest BCUT2D eigenvalue weighted by molar-refractivity contribution is 0.0303. The van der Waals surface area contributed by atoms with Crippen molar-refractivity contribution < 1.29 is 9.53 Å². The van der Waals surface area contributed by atoms with E-state index in [1.165, 1.54) is 0 Å². The zero-order chi connectivity index (χ0) is 23.5. The van der Waals surface area contributed by atoms with Crippen molar-refractivity contribution >= 4 is 28.2 Å². The van der Waals surface area contributed by atoms with Crippen LogP contribution in [-0.4, -0.2) is 54.4 Å². The summed E-state index contributed by atoms with van der Waals surface area (Å²) in [6.45, 7) is 8.15. The van der Waals surface area contributed by atoms with Crippen LogP contribution in [0.5, 0.6) is 0 Å². The van der Waals surface area contributed by atoms with Crippen LogP contribution >= 0.6 is 0 Å². The number of anilines is 2. The molecule has 170 valence electrons. The average Bonchev–Trinajstić information content (AvgIpc) is 2.85. The molecule has 3 aromatic rings. The number of nitriles is 1. The minimum atomic E-state index is -0.0915. The third kappa shape index (κ3) is 4.32. The molecule has 8 nitrogen and oxygen atoms in total. The maximum Gasteiger partial charge on any atom is 0.256 e. The summed E-state index contributed by atoms with van der Waals surface area (Å²) in [4.78, 5) is 15.1. The highest BCUT2D eigenvalue weighted by atomic mass is 16.5. The number of nitrogens with zero attached hydrogens (tertiary/aromatic N) is 4. The van der Waals surface area contributed by atoms with E-state index in [0.717, 1.165) is 33.3 Å². The molecular weight excluding hydrogens is 416 g/mol. The topological polar surface area (TPSA) is 103 Å². The van der Waals surface area contributed by atoms with Crippen LogP contribution in [0, 0.1) is 25.2 Å². The van der Waals surface area contributed by atoms with E-state index in [1.807, 2.05) is 63.1 Å². The van der Waals surface area contributed by atoms with Gasteiger partial charge in [0.25, 0.3) is 5.91 Å². The second-order valence-electron chi connectivity index (χ2n) is 8.23. The van der Waals surface area contributed by atoms with Gasteiger partial charge < -0.3 is 20.3 Å². The van der Waals surface area contributed by atoms with Crippen molar-refractivity contribution in [1.82, 2.24) is 15.1 Å². The number of carbonyl (C=O) groups is 1. The van der Waals surface area contributed by atoms with Crippen molar-refractivity contribution in [3.05, 3.63) is 58.3 Å². The summed E-state index contributed by atoms with van der Waals surface area (Å²) in [5, 5.41) is 26.5. The monoisotopic (exact) mass is 444 g/mol. The van der Waals surface area contributed by atoms with E-state index in [-0.39, 0.29) is 11.9 Å². The van der Waals surface area contributed by atoms with Crippen LogP contribution in [0.1, 0.15) is 45.7 Å². The molecule has 4 rings (SSSR count). The summed E-state index contributed by atoms with van der Waals surface area (Å²) < 4.78 is 5.39. The first-order chi connectivity index (χ1) is 15.9. The first-order valence-corrected chi connectivity index (χ1v) is 11.1. The van der Waals surface area contributed by atoms with E-state index in [4.69, 9.17) is 4.74 Å². The van der Waals surface area contributed by atoms with E-state index in [9.17, 15) is 10.1 Å². The number of benzene rings is 2. The highest BCUT2D eigenvalue weighted by Gasteiger charge is 2.23. The Kier molecular flexibility index (Phi) is 6.43. The molecule has 0 spiro atoms. The highest BCUT2D eigenvalue weighted by molar-refractivity contribution is 6.06. The molecule has 1 aliphatic rings. The van der Waals surface area contributed by atoms with Gasteiger partial charge in [0.2, 0.25) is 0 Å². The molecule has 1 atom stereocenters. The average molecular weight is 445 g/mol. The molecule has 2 heterocycles. The van der Waals surface area contributed by atoms with Crippen LogP contribution in [0.3, 0.4) is 0 Å². The van der Waals surface area contributed by atoms with Crippen LogP contribution < -0.4 is 10.6 Å². The Morgan fingerprint density at radius 2 is 1.94 bits per heavy atom. The van der Waals surface area contributed by atoms with Crippen molar-refractivity contribution in [3.8, 4) is 6.07 Å². The molecule has 0 saturated carbocycles. The molecule has 0 radical (unpaired) electrons. The smallest absolute Gasteiger partial charge is 0.256 e. The predicted molar refractivity (Wildman–Crippen MR) is 128 cm³/mol. The maximum absolute atomic E-state index is 13.2. The Balaban J connectivity index is 1.74. The van der Waals surface area contributed by atoms with Gasteiger partial charge in [-0.15, -0.1) is 5.10 Å². The summed E-state index contributed by atoms with van der Waals surface area (Å²) in [7, 11) is 1.81. The second kappa shape index (κ2) is 9.43. The van der Waals surface area contributed by atoms with Gasteiger partial charge in [0.15, 0.2) is 5.82 Å². The number of amides is 1. The Hall–Kier alpha value is -3.70. The molecule has 1 amide bonds. The normalized spacial score (nSPS) is 14.6. The molecule has 1 fully saturated rings. The fourth-order valence-corrected chi connectivity index (χ4v) is 4.28. The fourth-order valence-electron chi connectivity index (χ4n) is 4.28. The summed E-state index contributed by atoms with van der Waals surface area (Å²) in [6, 6.07) is 11.7. The fraction of sp³-hybridized carbons (Fsp3) is 0.360. The molecule has 1 aromatic heterocycles. The van der Waals surface area contributed by atoms with Gasteiger partial charge in [-0.25, -0.2) is 0 Å². The molecule has 0 bridgehead atoms. The highest BCUT2D eigenvalue weighted by Crippen LogP contribution is 2.32. The lowest BCUT2D eigenvalue weighted by Crippen LogP contribution is -2.40. The molecule has 1 saturated heterocycles. The quantitative estimate of drug-likeness (QED) is 0.617. The van der Waals surface area contributed by atoms with Crippen molar-refractivity contribution in [3.63, 3.8) is 0 Å². The number of fused-ring (bicyclic) bond motifs is 1. The Morgan fingerprint density at radius 3 is 2.64 bits per heavy atom. The molecule has 8 heteroatoms. The molecule has 2 aromatic carbocycles. The SMILES string of the molecule is CNc1cc2c(NC(C)c3cccc(C#N)c3C)nnc(C)c2cc1C(=O)N1CCOCC1. The second-order valence-corrected chi connectivity index (χ2v) is 8.23. The summed E-state index contributed by atoms with van der Waals surface area (Å²) >= 11 is 0. The van der Waals surface area contributed by atoms with Gasteiger partial charge in [0.1, 0.15) is 0 Å². The van der Waals surface area contributed by atoms with Gasteiger partial charge in [-0.1, -0.05) is 12.1 Å². The van der Waals surface area contributed by atoms with E-state index in [0.29, 0.717) is 43.2 Å². The van der Waals surface area contributed by atoms with Gasteiger partial charge in [0, 0.05) is 36.6 Å². The predicted octanol–water partition coefficient (Wildman–Crippen LogP) is 3.81. The molecule has 33 heavy (non-hydrogen) atoms. The standard InChI is InChI=1S/C25H28N6O2/c1-15-18(14-26)6-5-7-19(15)16(2)28-24-21-13-23(27-4)22(12-20(21)17(3)29-30-24)25(32)31-8-10-33-11-9-31/h5-7,12-13,16,27H,8-11H2,1-4H3,(H,28,30). The van der Waals surface area contributed by atoms with Crippen LogP contribution in [-0.2, 0) is 4.74 Å². The van der Waals surface area contributed by atoms with Crippen LogP contribution in [0.25, 0.3) is 10.8 Å². The zero-order valence-corrected chi connectivity index (χ0v) is 19.4. The number of rotatable bonds is 5. The van der Waals surface area contributed by atoms with Crippen molar-refractivity contribution in [2.45, 2.75) is 26.8 Å². The van der Waals surface area contributed by atoms with Gasteiger partial charge in [-0.2, -0.15) is 10.4 Å². The van der Waals surface area contributed by atoms with Crippen molar-refractivity contribution in [2.75, 3.05) is 44.0 Å². The number of hydrogen-bond acceptors (Lipinski definition) is 7. The summed E-state index contributed by atoms with van der Waals surface area (Å²) in [6.07, 6.45) is 0. The summed E-state index contributed by atoms with van der Waals surface area (Å²) in [5.41, 5.74) is 4.73. The molecule has 1 unspecified atom stereocenters. The molecule has 0 aliphatic carbocycles. The first-order valence-electron chi connectivity index (χ1n) is 11.1. The Morgan fingerprint density at radius 1 is 1.18 bits per heavy atom. The number of aromatic nitrogens is 2. The molecule has 1 aliphatic heterocycles. The largest absolute Gasteiger partial charge is 0.387 e. The Labute approximate surface area is 193 Å². The van der Waals surface area contributed by atoms with Crippen LogP contribution in [0.2, 0.25) is 0 Å². The van der Waals surface area contributed by atoms with Gasteiger partial charge in [-0.3, -0.25) is 4.79 Å². The van der Waals surface area contributed by atoms with Crippen LogP contribution in [0.4, 0.5) is 11.5 Å². The van der Waals surface area contributed by atoms with Gasteiger partial charge >= 0.3 is 0 Å². The van der Waals surface area contributed by atoms with Gasteiger partial charge in [0.05, 0.1) is 42.1 Å². The Bertz CT molecular complexity index is 1240. The third-order valence-electron chi connectivity index (χ3n) is 6.22. The number of carbonyl (C=O) groups excluding carboxylic acids is 1. The minimum absolute atomic E-state index is 0.0208. The maximum atomic E-state index is 13.2. The molecule has 2 N–H and O–H groups in total. The number of aryl methyl sites for hydroxylation is 1.